The number of fused-ring (bicyclic) bond motifs is 2. The maximum atomic E-state index is 5.61. The van der Waals surface area contributed by atoms with E-state index in [9.17, 15) is 0 Å². The van der Waals surface area contributed by atoms with Crippen molar-refractivity contribution in [3.05, 3.63) is 41.8 Å². The van der Waals surface area contributed by atoms with Crippen molar-refractivity contribution in [2.45, 2.75) is 12.8 Å². The Morgan fingerprint density at radius 2 is 1.82 bits per heavy atom. The van der Waals surface area contributed by atoms with Gasteiger partial charge in [0.15, 0.2) is 6.54 Å². The normalized spacial score (nSPS) is 20.9. The van der Waals surface area contributed by atoms with Crippen molar-refractivity contribution in [3.8, 4) is 10.6 Å². The maximum absolute atomic E-state index is 5.61. The minimum Gasteiger partial charge on any atom is -0.380 e. The first-order chi connectivity index (χ1) is 13.9. The topological polar surface area (TPSA) is 37.6 Å². The molecule has 3 heterocycles. The second kappa shape index (κ2) is 8.15. The first-order valence-electron chi connectivity index (χ1n) is 10.2. The molecule has 0 bridgehead atoms. The first kappa shape index (κ1) is 18.0. The molecule has 5 rings (SSSR count). The summed E-state index contributed by atoms with van der Waals surface area (Å²) in [7, 11) is 0. The van der Waals surface area contributed by atoms with Crippen LogP contribution in [-0.4, -0.2) is 57.6 Å². The molecule has 0 aromatic heterocycles. The van der Waals surface area contributed by atoms with E-state index in [1.807, 2.05) is 11.3 Å². The maximum Gasteiger partial charge on any atom is 0.201 e. The molecular formula is C22H26N3O2S+. The third-order valence-corrected chi connectivity index (χ3v) is 6.62. The van der Waals surface area contributed by atoms with Crippen LogP contribution in [0.4, 0.5) is 5.69 Å². The van der Waals surface area contributed by atoms with E-state index in [1.165, 1.54) is 20.6 Å². The average molecular weight is 397 g/mol. The van der Waals surface area contributed by atoms with Crippen LogP contribution in [0.1, 0.15) is 12.8 Å². The highest BCUT2D eigenvalue weighted by atomic mass is 32.1. The minimum atomic E-state index is 0.806. The molecule has 6 heteroatoms. The minimum absolute atomic E-state index is 0.806. The summed E-state index contributed by atoms with van der Waals surface area (Å²) in [6.45, 7) is 7.36. The molecule has 4 aliphatic rings. The molecule has 1 aromatic rings. The third-order valence-electron chi connectivity index (χ3n) is 5.52. The lowest BCUT2D eigenvalue weighted by Gasteiger charge is -2.22. The molecule has 1 aromatic carbocycles. The predicted octanol–water partition coefficient (Wildman–Crippen LogP) is 2.82. The highest BCUT2D eigenvalue weighted by Crippen LogP contribution is 2.32. The van der Waals surface area contributed by atoms with Gasteiger partial charge in [-0.2, -0.15) is 0 Å². The zero-order valence-electron chi connectivity index (χ0n) is 16.1. The molecule has 3 aliphatic heterocycles. The molecule has 2 fully saturated rings. The molecule has 0 amide bonds. The van der Waals surface area contributed by atoms with E-state index in [2.05, 4.69) is 45.9 Å². The Morgan fingerprint density at radius 3 is 2.82 bits per heavy atom. The van der Waals surface area contributed by atoms with Crippen molar-refractivity contribution < 1.29 is 9.47 Å². The summed E-state index contributed by atoms with van der Waals surface area (Å²) in [4.78, 5) is 8.58. The second-order valence-corrected chi connectivity index (χ2v) is 8.51. The molecule has 28 heavy (non-hydrogen) atoms. The van der Waals surface area contributed by atoms with E-state index in [0.717, 1.165) is 76.7 Å². The van der Waals surface area contributed by atoms with Crippen LogP contribution in [0, 0.1) is 0 Å². The summed E-state index contributed by atoms with van der Waals surface area (Å²) in [5, 5.41) is 1.27. The Bertz CT molecular complexity index is 998. The molecule has 2 saturated heterocycles. The summed E-state index contributed by atoms with van der Waals surface area (Å²) < 4.78 is 14.9. The molecule has 5 nitrogen and oxygen atoms in total. The zero-order valence-corrected chi connectivity index (χ0v) is 16.9. The molecule has 1 aliphatic carbocycles. The quantitative estimate of drug-likeness (QED) is 0.468. The molecule has 0 radical (unpaired) electrons. The lowest BCUT2D eigenvalue weighted by molar-refractivity contribution is 0.150. The van der Waals surface area contributed by atoms with E-state index < -0.39 is 0 Å². The Hall–Kier alpha value is -2.02. The molecule has 0 N–H and O–H groups in total. The lowest BCUT2D eigenvalue weighted by atomic mass is 10.2. The molecule has 0 atom stereocenters. The number of aromatic nitrogens is 1. The highest BCUT2D eigenvalue weighted by Gasteiger charge is 2.15. The van der Waals surface area contributed by atoms with Crippen molar-refractivity contribution in [1.29, 1.82) is 0 Å². The smallest absolute Gasteiger partial charge is 0.201 e. The van der Waals surface area contributed by atoms with E-state index in [0.29, 0.717) is 0 Å². The number of ether oxygens (including phenoxy) is 2. The molecular weight excluding hydrogens is 370 g/mol. The van der Waals surface area contributed by atoms with Crippen molar-refractivity contribution in [1.82, 2.24) is 9.56 Å². The fourth-order valence-corrected chi connectivity index (χ4v) is 5.04. The van der Waals surface area contributed by atoms with Gasteiger partial charge in [0.05, 0.1) is 34.0 Å². The van der Waals surface area contributed by atoms with Gasteiger partial charge in [0.2, 0.25) is 5.36 Å². The van der Waals surface area contributed by atoms with Gasteiger partial charge in [0.25, 0.3) is 0 Å². The van der Waals surface area contributed by atoms with E-state index in [1.54, 1.807) is 0 Å². The van der Waals surface area contributed by atoms with Gasteiger partial charge in [-0.25, -0.2) is 9.56 Å². The van der Waals surface area contributed by atoms with Crippen molar-refractivity contribution in [2.75, 3.05) is 57.5 Å². The van der Waals surface area contributed by atoms with Crippen LogP contribution in [0.25, 0.3) is 20.8 Å². The van der Waals surface area contributed by atoms with Gasteiger partial charge >= 0.3 is 0 Å². The SMILES string of the molecule is c1cc2nc3ccc(=[N+]4CCCOCC4)cc-3sc2cc1N1CCCOCC1. The summed E-state index contributed by atoms with van der Waals surface area (Å²) >= 11 is 1.84. The number of anilines is 1. The first-order valence-corrected chi connectivity index (χ1v) is 11.0. The summed E-state index contributed by atoms with van der Waals surface area (Å²) in [6.07, 6.45) is 2.17. The number of hydrogen-bond acceptors (Lipinski definition) is 5. The molecule has 146 valence electrons. The Kier molecular flexibility index (Phi) is 5.25. The largest absolute Gasteiger partial charge is 0.380 e. The van der Waals surface area contributed by atoms with Gasteiger partial charge < -0.3 is 14.4 Å². The standard InChI is InChI=1S/C22H26N3O2S/c1-7-24(9-13-26-11-1)17-3-5-19-21(15-17)28-22-16-18(4-6-20(22)23-19)25-8-2-12-27-14-10-25/h3-6,15-16H,1-2,7-14H2/q+1. The van der Waals surface area contributed by atoms with E-state index in [4.69, 9.17) is 14.5 Å². The Morgan fingerprint density at radius 1 is 0.893 bits per heavy atom. The predicted molar refractivity (Wildman–Crippen MR) is 114 cm³/mol. The summed E-state index contributed by atoms with van der Waals surface area (Å²) in [5.41, 5.74) is 3.42. The van der Waals surface area contributed by atoms with Crippen molar-refractivity contribution in [3.63, 3.8) is 0 Å². The van der Waals surface area contributed by atoms with Gasteiger partial charge in [0.1, 0.15) is 13.2 Å². The number of rotatable bonds is 1. The third kappa shape index (κ3) is 3.77. The van der Waals surface area contributed by atoms with Gasteiger partial charge in [-0.05, 0) is 30.7 Å². The van der Waals surface area contributed by atoms with Crippen molar-refractivity contribution >= 4 is 27.2 Å². The van der Waals surface area contributed by atoms with Crippen LogP contribution < -0.4 is 14.8 Å². The van der Waals surface area contributed by atoms with Crippen LogP contribution in [0.5, 0.6) is 0 Å². The van der Waals surface area contributed by atoms with Gasteiger partial charge in [-0.15, -0.1) is 11.3 Å². The number of nitrogens with zero attached hydrogens (tertiary/aromatic N) is 3. The molecule has 0 unspecified atom stereocenters. The number of benzene rings is 2. The fourth-order valence-electron chi connectivity index (χ4n) is 4.00. The van der Waals surface area contributed by atoms with Gasteiger partial charge in [-0.3, -0.25) is 0 Å². The second-order valence-electron chi connectivity index (χ2n) is 7.42. The number of hydrogen-bond donors (Lipinski definition) is 0. The fraction of sp³-hybridized carbons (Fsp3) is 0.455. The highest BCUT2D eigenvalue weighted by molar-refractivity contribution is 7.21. The summed E-state index contributed by atoms with van der Waals surface area (Å²) in [5.74, 6) is 0. The summed E-state index contributed by atoms with van der Waals surface area (Å²) in [6, 6.07) is 13.3. The van der Waals surface area contributed by atoms with Crippen LogP contribution in [0.15, 0.2) is 36.4 Å². The lowest BCUT2D eigenvalue weighted by Crippen LogP contribution is -2.32. The average Bonchev–Trinajstić information content (AvgIpc) is 3.17. The van der Waals surface area contributed by atoms with Crippen LogP contribution in [0.2, 0.25) is 0 Å². The Labute approximate surface area is 169 Å². The van der Waals surface area contributed by atoms with E-state index in [-0.39, 0.29) is 0 Å². The van der Waals surface area contributed by atoms with Crippen molar-refractivity contribution in [2.24, 2.45) is 0 Å². The zero-order chi connectivity index (χ0) is 18.8. The van der Waals surface area contributed by atoms with Gasteiger partial charge in [-0.1, -0.05) is 0 Å². The van der Waals surface area contributed by atoms with Gasteiger partial charge in [0, 0.05) is 43.9 Å². The van der Waals surface area contributed by atoms with E-state index >= 15 is 0 Å². The molecule has 0 spiro atoms. The van der Waals surface area contributed by atoms with Crippen LogP contribution in [-0.2, 0) is 9.47 Å². The molecule has 0 saturated carbocycles. The van der Waals surface area contributed by atoms with Crippen LogP contribution >= 0.6 is 11.3 Å². The Balaban J connectivity index is 1.56. The monoisotopic (exact) mass is 396 g/mol. The van der Waals surface area contributed by atoms with Crippen LogP contribution in [0.3, 0.4) is 0 Å².